The number of hydrogen-bond donors (Lipinski definition) is 1. The Bertz CT molecular complexity index is 133. The van der Waals surface area contributed by atoms with Crippen molar-refractivity contribution in [2.45, 2.75) is 6.10 Å². The summed E-state index contributed by atoms with van der Waals surface area (Å²) in [5.74, 6) is -0.167. The first kappa shape index (κ1) is 10.4. The molecule has 0 aromatic rings. The van der Waals surface area contributed by atoms with Crippen molar-refractivity contribution in [2.24, 2.45) is 0 Å². The zero-order chi connectivity index (χ0) is 8.20. The Morgan fingerprint density at radius 3 is 2.50 bits per heavy atom. The molecule has 0 aliphatic carbocycles. The van der Waals surface area contributed by atoms with Crippen molar-refractivity contribution in [1.82, 2.24) is 0 Å². The molecular weight excluding hydrogens is 182 g/mol. The molecule has 0 saturated carbocycles. The first-order valence-corrected chi connectivity index (χ1v) is 4.36. The third-order valence-corrected chi connectivity index (χ3v) is 1.42. The minimum absolute atomic E-state index is 0.167. The van der Waals surface area contributed by atoms with Crippen molar-refractivity contribution in [3.05, 3.63) is 0 Å². The number of hydrogen-bond acceptors (Lipinski definition) is 5. The Balaban J connectivity index is 3.46. The monoisotopic (exact) mass is 188 g/mol. The lowest BCUT2D eigenvalue weighted by molar-refractivity contribution is -0.342. The molecule has 0 aromatic heterocycles. The van der Waals surface area contributed by atoms with E-state index < -0.39 is 20.5 Å². The molecule has 1 unspecified atom stereocenters. The summed E-state index contributed by atoms with van der Waals surface area (Å²) < 4.78 is 13.4. The van der Waals surface area contributed by atoms with Crippen molar-refractivity contribution in [3.8, 4) is 0 Å². The molecule has 0 fully saturated rings. The molecule has 0 aromatic carbocycles. The zero-order valence-electron chi connectivity index (χ0n) is 4.90. The molecule has 0 aliphatic heterocycles. The van der Waals surface area contributed by atoms with Crippen LogP contribution in [0.2, 0.25) is 0 Å². The first-order valence-electron chi connectivity index (χ1n) is 2.36. The molecule has 0 bridgehead atoms. The molecule has 0 amide bonds. The summed E-state index contributed by atoms with van der Waals surface area (Å²) in [6.45, 7) is -0.576. The van der Waals surface area contributed by atoms with Crippen LogP contribution < -0.4 is 9.79 Å². The average Bonchev–Trinajstić information content (AvgIpc) is 1.81. The Hall–Kier alpha value is 0.360. The maximum Gasteiger partial charge on any atom is 0.0912 e. The summed E-state index contributed by atoms with van der Waals surface area (Å²) in [6, 6.07) is 0. The van der Waals surface area contributed by atoms with E-state index in [-0.39, 0.29) is 5.88 Å². The van der Waals surface area contributed by atoms with E-state index >= 15 is 0 Å². The molecule has 0 radical (unpaired) electrons. The van der Waals surface area contributed by atoms with E-state index in [1.54, 1.807) is 0 Å². The quantitative estimate of drug-likeness (QED) is 0.425. The highest BCUT2D eigenvalue weighted by Gasteiger charge is 2.01. The minimum Gasteiger partial charge on any atom is -0.790 e. The number of halogens is 1. The van der Waals surface area contributed by atoms with E-state index in [2.05, 4.69) is 4.52 Å². The molecule has 1 N–H and O–H groups in total. The van der Waals surface area contributed by atoms with E-state index in [0.29, 0.717) is 0 Å². The fourth-order valence-electron chi connectivity index (χ4n) is 0.222. The maximum atomic E-state index is 9.75. The average molecular weight is 189 g/mol. The highest BCUT2D eigenvalue weighted by molar-refractivity contribution is 7.43. The Morgan fingerprint density at radius 1 is 1.70 bits per heavy atom. The maximum absolute atomic E-state index is 9.75. The molecule has 10 heavy (non-hydrogen) atoms. The summed E-state index contributed by atoms with van der Waals surface area (Å²) in [5.41, 5.74) is 0. The summed E-state index contributed by atoms with van der Waals surface area (Å²) in [5, 5.41) is 8.57. The van der Waals surface area contributed by atoms with E-state index in [1.807, 2.05) is 0 Å². The van der Waals surface area contributed by atoms with Crippen LogP contribution in [0.15, 0.2) is 0 Å². The van der Waals surface area contributed by atoms with Gasteiger partial charge >= 0.3 is 0 Å². The van der Waals surface area contributed by atoms with Crippen molar-refractivity contribution in [2.75, 3.05) is 12.5 Å². The lowest BCUT2D eigenvalue weighted by Crippen LogP contribution is -2.23. The second kappa shape index (κ2) is 4.28. The van der Waals surface area contributed by atoms with Gasteiger partial charge in [-0.3, -0.25) is 0 Å². The largest absolute Gasteiger partial charge is 0.790 e. The van der Waals surface area contributed by atoms with E-state index in [4.69, 9.17) is 16.7 Å². The number of phosphoric acid groups is 1. The van der Waals surface area contributed by atoms with Crippen LogP contribution in [0.3, 0.4) is 0 Å². The van der Waals surface area contributed by atoms with Crippen LogP contribution in [-0.2, 0) is 9.09 Å². The molecule has 0 spiro atoms. The third kappa shape index (κ3) is 6.48. The summed E-state index contributed by atoms with van der Waals surface area (Å²) in [6.07, 6.45) is -1.11. The minimum atomic E-state index is -4.95. The van der Waals surface area contributed by atoms with Gasteiger partial charge in [-0.2, -0.15) is 0 Å². The van der Waals surface area contributed by atoms with Crippen LogP contribution in [0.25, 0.3) is 0 Å². The van der Waals surface area contributed by atoms with Crippen molar-refractivity contribution in [1.29, 1.82) is 0 Å². The van der Waals surface area contributed by atoms with Crippen LogP contribution in [0.4, 0.5) is 0 Å². The molecule has 1 atom stereocenters. The lowest BCUT2D eigenvalue weighted by atomic mass is 10.4. The van der Waals surface area contributed by atoms with Crippen molar-refractivity contribution >= 4 is 19.4 Å². The van der Waals surface area contributed by atoms with Crippen LogP contribution in [0, 0.1) is 0 Å². The predicted octanol–water partition coefficient (Wildman–Crippen LogP) is -1.57. The van der Waals surface area contributed by atoms with Gasteiger partial charge in [0.25, 0.3) is 0 Å². The highest BCUT2D eigenvalue weighted by atomic mass is 35.5. The number of aliphatic hydroxyl groups is 1. The van der Waals surface area contributed by atoms with Crippen LogP contribution in [0.1, 0.15) is 0 Å². The Kier molecular flexibility index (Phi) is 4.44. The van der Waals surface area contributed by atoms with Gasteiger partial charge in [0.05, 0.1) is 26.4 Å². The van der Waals surface area contributed by atoms with Gasteiger partial charge in [0.1, 0.15) is 0 Å². The van der Waals surface area contributed by atoms with Gasteiger partial charge in [-0.15, -0.1) is 11.6 Å². The summed E-state index contributed by atoms with van der Waals surface area (Å²) >= 11 is 5.06. The molecule has 5 nitrogen and oxygen atoms in total. The topological polar surface area (TPSA) is 92.7 Å². The first-order chi connectivity index (χ1) is 4.45. The van der Waals surface area contributed by atoms with E-state index in [0.717, 1.165) is 0 Å². The van der Waals surface area contributed by atoms with Gasteiger partial charge in [0, 0.05) is 0 Å². The van der Waals surface area contributed by atoms with Gasteiger partial charge in [0.2, 0.25) is 0 Å². The highest BCUT2D eigenvalue weighted by Crippen LogP contribution is 2.24. The van der Waals surface area contributed by atoms with Crippen LogP contribution in [-0.4, -0.2) is 23.7 Å². The number of rotatable bonds is 4. The molecular formula is C3H6ClO5P-2. The second-order valence-electron chi connectivity index (χ2n) is 1.55. The molecule has 0 saturated heterocycles. The predicted molar refractivity (Wildman–Crippen MR) is 30.3 cm³/mol. The van der Waals surface area contributed by atoms with Crippen LogP contribution >= 0.6 is 19.4 Å². The van der Waals surface area contributed by atoms with Crippen LogP contribution in [0.5, 0.6) is 0 Å². The van der Waals surface area contributed by atoms with Crippen molar-refractivity contribution < 1.29 is 24.0 Å². The normalized spacial score (nSPS) is 15.2. The SMILES string of the molecule is O=P([O-])([O-])OCC(O)CCl. The molecule has 62 valence electrons. The van der Waals surface area contributed by atoms with Gasteiger partial charge < -0.3 is 24.0 Å². The number of alkyl halides is 1. The van der Waals surface area contributed by atoms with Gasteiger partial charge in [0.15, 0.2) is 0 Å². The zero-order valence-corrected chi connectivity index (χ0v) is 6.55. The third-order valence-electron chi connectivity index (χ3n) is 0.603. The molecule has 0 heterocycles. The van der Waals surface area contributed by atoms with Gasteiger partial charge in [-0.05, 0) is 0 Å². The standard InChI is InChI=1S/C3H8ClO5P/c4-1-3(5)2-9-10(6,7)8/h3,5H,1-2H2,(H2,6,7,8)/p-2. The molecule has 0 aliphatic rings. The fraction of sp³-hybridized carbons (Fsp3) is 1.00. The lowest BCUT2D eigenvalue weighted by Gasteiger charge is -2.29. The smallest absolute Gasteiger partial charge is 0.0912 e. The van der Waals surface area contributed by atoms with E-state index in [1.165, 1.54) is 0 Å². The number of aliphatic hydroxyl groups excluding tert-OH is 1. The van der Waals surface area contributed by atoms with Gasteiger partial charge in [-0.1, -0.05) is 0 Å². The van der Waals surface area contributed by atoms with Gasteiger partial charge in [-0.25, -0.2) is 0 Å². The van der Waals surface area contributed by atoms with E-state index in [9.17, 15) is 14.4 Å². The fourth-order valence-corrected chi connectivity index (χ4v) is 0.666. The molecule has 7 heteroatoms. The summed E-state index contributed by atoms with van der Waals surface area (Å²) in [7, 11) is -4.95. The Morgan fingerprint density at radius 2 is 2.20 bits per heavy atom. The Labute approximate surface area is 62.8 Å². The molecule has 0 rings (SSSR count). The second-order valence-corrected chi connectivity index (χ2v) is 3.01. The summed E-state index contributed by atoms with van der Waals surface area (Å²) in [4.78, 5) is 19.5. The van der Waals surface area contributed by atoms with Crippen molar-refractivity contribution in [3.63, 3.8) is 0 Å². The number of phosphoric ester groups is 1.